The Labute approximate surface area is 229 Å². The highest BCUT2D eigenvalue weighted by molar-refractivity contribution is 7.94. The lowest BCUT2D eigenvalue weighted by Crippen LogP contribution is -2.34. The molecule has 0 aromatic heterocycles. The van der Waals surface area contributed by atoms with Crippen LogP contribution >= 0.6 is 12.0 Å². The third kappa shape index (κ3) is 10.7. The highest BCUT2D eigenvalue weighted by atomic mass is 32.2. The van der Waals surface area contributed by atoms with Crippen LogP contribution in [0.1, 0.15) is 13.8 Å². The summed E-state index contributed by atoms with van der Waals surface area (Å²) in [6.07, 6.45) is 2.12. The molecule has 2 rings (SSSR count). The molecule has 0 bridgehead atoms. The Balaban J connectivity index is 2.04. The number of hydrogen-bond acceptors (Lipinski definition) is 14. The van der Waals surface area contributed by atoms with Gasteiger partial charge in [0.15, 0.2) is 12.1 Å². The number of nitro benzene ring substituents is 1. The number of ether oxygens (including phenoxy) is 2. The topological polar surface area (TPSA) is 187 Å². The van der Waals surface area contributed by atoms with E-state index < -0.39 is 20.6 Å². The van der Waals surface area contributed by atoms with Gasteiger partial charge in [-0.15, -0.1) is 14.6 Å². The maximum atomic E-state index is 12.5. The van der Waals surface area contributed by atoms with E-state index in [1.165, 1.54) is 43.5 Å². The fraction of sp³-hybridized carbons (Fsp3) is 0.318. The average Bonchev–Trinajstić information content (AvgIpc) is 2.93. The summed E-state index contributed by atoms with van der Waals surface area (Å²) in [4.78, 5) is 17.2. The molecule has 0 saturated heterocycles. The van der Waals surface area contributed by atoms with Crippen LogP contribution in [0.3, 0.4) is 0 Å². The molecule has 17 heteroatoms. The zero-order valence-electron chi connectivity index (χ0n) is 21.3. The Bertz CT molecular complexity index is 1270. The first-order valence-electron chi connectivity index (χ1n) is 11.3. The van der Waals surface area contributed by atoms with Gasteiger partial charge in [-0.2, -0.15) is 0 Å². The number of hydrogen-bond donors (Lipinski definition) is 2. The summed E-state index contributed by atoms with van der Waals surface area (Å²) in [6, 6.07) is 9.69. The summed E-state index contributed by atoms with van der Waals surface area (Å²) >= 11 is 0.549. The average molecular weight is 585 g/mol. The van der Waals surface area contributed by atoms with Crippen LogP contribution in [0, 0.1) is 10.1 Å². The normalized spacial score (nSPS) is 12.5. The number of nitrogens with zero attached hydrogens (tertiary/aromatic N) is 5. The molecule has 0 unspecified atom stereocenters. The highest BCUT2D eigenvalue weighted by Gasteiger charge is 2.16. The number of aliphatic imine (C=N–C) groups is 1. The minimum atomic E-state index is -3.67. The van der Waals surface area contributed by atoms with E-state index in [1.54, 1.807) is 0 Å². The van der Waals surface area contributed by atoms with Crippen molar-refractivity contribution in [2.45, 2.75) is 23.6 Å². The van der Waals surface area contributed by atoms with Crippen molar-refractivity contribution in [3.63, 3.8) is 0 Å². The molecule has 2 N–H and O–H groups in total. The molecular weight excluding hydrogens is 556 g/mol. The summed E-state index contributed by atoms with van der Waals surface area (Å²) in [7, 11) is -2.33. The molecule has 2 aromatic carbocycles. The fourth-order valence-corrected chi connectivity index (χ4v) is 4.35. The van der Waals surface area contributed by atoms with E-state index in [4.69, 9.17) is 14.7 Å². The largest absolute Gasteiger partial charge is 0.499 e. The molecule has 212 valence electrons. The molecule has 0 saturated carbocycles. The van der Waals surface area contributed by atoms with E-state index in [-0.39, 0.29) is 21.4 Å². The molecule has 0 aliphatic rings. The number of nitro groups is 1. The molecule has 15 nitrogen and oxygen atoms in total. The third-order valence-electron chi connectivity index (χ3n) is 4.92. The van der Waals surface area contributed by atoms with E-state index in [2.05, 4.69) is 34.2 Å². The van der Waals surface area contributed by atoms with E-state index >= 15 is 0 Å². The van der Waals surface area contributed by atoms with Gasteiger partial charge in [-0.3, -0.25) is 10.1 Å². The van der Waals surface area contributed by atoms with Gasteiger partial charge in [-0.25, -0.2) is 23.4 Å². The van der Waals surface area contributed by atoms with Crippen LogP contribution in [-0.2, 0) is 28.9 Å². The van der Waals surface area contributed by atoms with Crippen LogP contribution in [0.5, 0.6) is 0 Å². The summed E-state index contributed by atoms with van der Waals surface area (Å²) in [5.74, 6) is -0.178. The smallest absolute Gasteiger partial charge is 0.297 e. The number of likely N-dealkylation sites (N-methyl/N-ethyl adjacent to an activating group) is 1. The zero-order chi connectivity index (χ0) is 28.7. The zero-order valence-corrected chi connectivity index (χ0v) is 22.9. The second-order valence-corrected chi connectivity index (χ2v) is 9.84. The summed E-state index contributed by atoms with van der Waals surface area (Å²) in [6.45, 7) is 6.58. The second-order valence-electron chi connectivity index (χ2n) is 7.30. The predicted octanol–water partition coefficient (Wildman–Crippen LogP) is 4.55. The van der Waals surface area contributed by atoms with Gasteiger partial charge in [-0.1, -0.05) is 18.9 Å². The number of nitrogens with one attached hydrogen (secondary N) is 1. The van der Waals surface area contributed by atoms with Gasteiger partial charge in [-0.05, 0) is 49.5 Å². The Morgan fingerprint density at radius 2 is 1.92 bits per heavy atom. The van der Waals surface area contributed by atoms with Crippen molar-refractivity contribution in [2.24, 2.45) is 15.2 Å². The van der Waals surface area contributed by atoms with Gasteiger partial charge in [0.05, 0.1) is 34.7 Å². The van der Waals surface area contributed by atoms with E-state index in [1.807, 2.05) is 13.8 Å². The maximum Gasteiger partial charge on any atom is 0.297 e. The van der Waals surface area contributed by atoms with Crippen molar-refractivity contribution >= 4 is 45.5 Å². The lowest BCUT2D eigenvalue weighted by atomic mass is 10.3. The van der Waals surface area contributed by atoms with Gasteiger partial charge in [0.2, 0.25) is 10.0 Å². The Hall–Kier alpha value is -3.45. The standard InChI is InChI=1S/C22H28N6O9S2/c1-4-27(5-2)13-12-24-39(32,33)19-9-6-17(7-10-19)23-16-35-22(15-34-3)26-25-20-11-8-18(38-37-36-31)14-21(20)28(29)30/h6-11,14-16,24,31H,4-5,12-13H2,1-3H3/b22-15+,23-16?,26-25?. The predicted molar refractivity (Wildman–Crippen MR) is 142 cm³/mol. The second kappa shape index (κ2) is 16.5. The monoisotopic (exact) mass is 584 g/mol. The Kier molecular flexibility index (Phi) is 13.4. The number of sulfonamides is 1. The van der Waals surface area contributed by atoms with E-state index in [9.17, 15) is 18.5 Å². The molecule has 39 heavy (non-hydrogen) atoms. The van der Waals surface area contributed by atoms with Crippen LogP contribution in [0.15, 0.2) is 79.6 Å². The Morgan fingerprint density at radius 3 is 2.54 bits per heavy atom. The van der Waals surface area contributed by atoms with Crippen molar-refractivity contribution in [3.05, 3.63) is 64.7 Å². The molecular formula is C22H28N6O9S2. The van der Waals surface area contributed by atoms with Crippen LogP contribution in [0.25, 0.3) is 0 Å². The Morgan fingerprint density at radius 1 is 1.21 bits per heavy atom. The number of methoxy groups -OCH3 is 1. The number of rotatable bonds is 17. The number of azo groups is 1. The van der Waals surface area contributed by atoms with Crippen LogP contribution < -0.4 is 4.72 Å². The van der Waals surface area contributed by atoms with Gasteiger partial charge in [0.25, 0.3) is 11.6 Å². The number of benzene rings is 2. The van der Waals surface area contributed by atoms with E-state index in [0.717, 1.165) is 31.8 Å². The first-order valence-corrected chi connectivity index (χ1v) is 13.6. The van der Waals surface area contributed by atoms with Crippen LogP contribution in [0.4, 0.5) is 17.1 Å². The first-order chi connectivity index (χ1) is 18.7. The summed E-state index contributed by atoms with van der Waals surface area (Å²) in [5.41, 5.74) is -0.101. The quantitative estimate of drug-likeness (QED) is 0.0388. The molecule has 0 heterocycles. The molecule has 0 aliphatic carbocycles. The molecule has 0 atom stereocenters. The molecule has 2 aromatic rings. The molecule has 0 radical (unpaired) electrons. The van der Waals surface area contributed by atoms with Crippen LogP contribution in [0.2, 0.25) is 0 Å². The fourth-order valence-electron chi connectivity index (χ4n) is 2.93. The van der Waals surface area contributed by atoms with Crippen molar-refractivity contribution in [3.8, 4) is 0 Å². The van der Waals surface area contributed by atoms with Crippen molar-refractivity contribution in [2.75, 3.05) is 33.3 Å². The third-order valence-corrected chi connectivity index (χ3v) is 6.97. The van der Waals surface area contributed by atoms with Gasteiger partial charge in [0, 0.05) is 24.1 Å². The summed E-state index contributed by atoms with van der Waals surface area (Å²) < 4.78 is 42.0. The van der Waals surface area contributed by atoms with Crippen molar-refractivity contribution in [1.82, 2.24) is 9.62 Å². The highest BCUT2D eigenvalue weighted by Crippen LogP contribution is 2.33. The van der Waals surface area contributed by atoms with Crippen molar-refractivity contribution in [1.29, 1.82) is 0 Å². The van der Waals surface area contributed by atoms with E-state index in [0.29, 0.717) is 30.8 Å². The van der Waals surface area contributed by atoms with Gasteiger partial charge >= 0.3 is 0 Å². The first kappa shape index (κ1) is 31.8. The van der Waals surface area contributed by atoms with Gasteiger partial charge < -0.3 is 14.4 Å². The molecule has 0 amide bonds. The molecule has 0 spiro atoms. The van der Waals surface area contributed by atoms with Crippen molar-refractivity contribution < 1.29 is 37.4 Å². The van der Waals surface area contributed by atoms with Crippen LogP contribution in [-0.4, -0.2) is 63.2 Å². The lowest BCUT2D eigenvalue weighted by molar-refractivity contribution is -0.432. The molecule has 0 aliphatic heterocycles. The minimum Gasteiger partial charge on any atom is -0.499 e. The molecule has 0 fully saturated rings. The maximum absolute atomic E-state index is 12.5. The minimum absolute atomic E-state index is 0.0946. The lowest BCUT2D eigenvalue weighted by Gasteiger charge is -2.18. The van der Waals surface area contributed by atoms with Gasteiger partial charge in [0.1, 0.15) is 6.26 Å². The SMILES string of the molecule is CCN(CC)CCNS(=O)(=O)c1ccc(N=CO/C(=C/OC)N=Nc2ccc(SOOO)cc2[N+](=O)[O-])cc1. The summed E-state index contributed by atoms with van der Waals surface area (Å²) in [5, 5.41) is 30.7.